The molecule has 2 unspecified atom stereocenters. The lowest BCUT2D eigenvalue weighted by Gasteiger charge is -2.21. The van der Waals surface area contributed by atoms with Gasteiger partial charge in [0.1, 0.15) is 11.6 Å². The molecule has 212 valence electrons. The van der Waals surface area contributed by atoms with Crippen LogP contribution >= 0.6 is 0 Å². The van der Waals surface area contributed by atoms with E-state index in [4.69, 9.17) is 24.3 Å². The molecule has 2 aliphatic rings. The van der Waals surface area contributed by atoms with Crippen LogP contribution in [-0.2, 0) is 22.7 Å². The van der Waals surface area contributed by atoms with Crippen molar-refractivity contribution in [1.82, 2.24) is 15.0 Å². The van der Waals surface area contributed by atoms with Crippen molar-refractivity contribution in [2.45, 2.75) is 39.3 Å². The zero-order chi connectivity index (χ0) is 28.8. The SMILES string of the molecule is Cc1noc(C)c1CN1CC2CN(Cc3cccc(F)c3)CC2C1.O=C(O)C(F)(F)F.O=C(O)C(F)(F)F. The van der Waals surface area contributed by atoms with Gasteiger partial charge >= 0.3 is 24.3 Å². The van der Waals surface area contributed by atoms with Crippen molar-refractivity contribution < 1.29 is 55.1 Å². The van der Waals surface area contributed by atoms with Crippen LogP contribution in [0.3, 0.4) is 0 Å². The van der Waals surface area contributed by atoms with Crippen LogP contribution < -0.4 is 0 Å². The zero-order valence-corrected chi connectivity index (χ0v) is 20.3. The Hall–Kier alpha value is -3.20. The Morgan fingerprint density at radius 2 is 1.37 bits per heavy atom. The Labute approximate surface area is 212 Å². The second-order valence-electron chi connectivity index (χ2n) is 8.95. The number of halogens is 7. The molecule has 38 heavy (non-hydrogen) atoms. The first-order valence-corrected chi connectivity index (χ1v) is 11.2. The molecule has 0 saturated carbocycles. The molecule has 8 nitrogen and oxygen atoms in total. The van der Waals surface area contributed by atoms with Crippen LogP contribution in [0.5, 0.6) is 0 Å². The first-order valence-electron chi connectivity index (χ1n) is 11.2. The molecule has 1 aromatic heterocycles. The van der Waals surface area contributed by atoms with Crippen molar-refractivity contribution in [3.63, 3.8) is 0 Å². The highest BCUT2D eigenvalue weighted by atomic mass is 19.4. The van der Waals surface area contributed by atoms with E-state index < -0.39 is 24.3 Å². The Balaban J connectivity index is 0.000000301. The fraction of sp³-hybridized carbons (Fsp3) is 0.522. The topological polar surface area (TPSA) is 107 Å². The number of nitrogens with zero attached hydrogens (tertiary/aromatic N) is 3. The van der Waals surface area contributed by atoms with E-state index in [0.717, 1.165) is 68.1 Å². The van der Waals surface area contributed by atoms with Crippen molar-refractivity contribution in [1.29, 1.82) is 0 Å². The van der Waals surface area contributed by atoms with Gasteiger partial charge in [0.15, 0.2) is 0 Å². The number of carboxylic acid groups (broad SMARTS) is 2. The lowest BCUT2D eigenvalue weighted by molar-refractivity contribution is -0.193. The molecule has 0 radical (unpaired) electrons. The number of alkyl halides is 6. The van der Waals surface area contributed by atoms with E-state index in [0.29, 0.717) is 0 Å². The maximum absolute atomic E-state index is 13.3. The van der Waals surface area contributed by atoms with E-state index >= 15 is 0 Å². The van der Waals surface area contributed by atoms with E-state index in [9.17, 15) is 30.7 Å². The number of rotatable bonds is 4. The van der Waals surface area contributed by atoms with E-state index in [1.54, 1.807) is 12.1 Å². The summed E-state index contributed by atoms with van der Waals surface area (Å²) in [7, 11) is 0. The van der Waals surface area contributed by atoms with Crippen LogP contribution in [0.1, 0.15) is 22.6 Å². The number of aliphatic carboxylic acids is 2. The van der Waals surface area contributed by atoms with Gasteiger partial charge in [0, 0.05) is 44.8 Å². The quantitative estimate of drug-likeness (QED) is 0.538. The Morgan fingerprint density at radius 1 is 0.921 bits per heavy atom. The first kappa shape index (κ1) is 31.0. The predicted octanol–water partition coefficient (Wildman–Crippen LogP) is 4.26. The number of hydrogen-bond donors (Lipinski definition) is 2. The summed E-state index contributed by atoms with van der Waals surface area (Å²) in [6, 6.07) is 6.97. The van der Waals surface area contributed by atoms with Crippen LogP contribution in [0.4, 0.5) is 30.7 Å². The van der Waals surface area contributed by atoms with Gasteiger partial charge in [-0.3, -0.25) is 9.80 Å². The van der Waals surface area contributed by atoms with Gasteiger partial charge in [0.25, 0.3) is 0 Å². The summed E-state index contributed by atoms with van der Waals surface area (Å²) in [5, 5.41) is 18.3. The van der Waals surface area contributed by atoms with Crippen molar-refractivity contribution >= 4 is 11.9 Å². The van der Waals surface area contributed by atoms with Crippen LogP contribution in [-0.4, -0.2) is 75.6 Å². The van der Waals surface area contributed by atoms with E-state index in [2.05, 4.69) is 15.0 Å². The van der Waals surface area contributed by atoms with Crippen LogP contribution in [0.25, 0.3) is 0 Å². The summed E-state index contributed by atoms with van der Waals surface area (Å²) in [6.07, 6.45) is -10.2. The van der Waals surface area contributed by atoms with E-state index in [1.807, 2.05) is 19.9 Å². The van der Waals surface area contributed by atoms with Crippen molar-refractivity contribution in [2.75, 3.05) is 26.2 Å². The molecule has 2 aromatic rings. The van der Waals surface area contributed by atoms with Crippen LogP contribution in [0.15, 0.2) is 28.8 Å². The first-order chi connectivity index (χ1) is 17.5. The fourth-order valence-electron chi connectivity index (χ4n) is 4.29. The normalized spacial score (nSPS) is 19.7. The van der Waals surface area contributed by atoms with E-state index in [1.165, 1.54) is 11.6 Å². The minimum Gasteiger partial charge on any atom is -0.475 e. The summed E-state index contributed by atoms with van der Waals surface area (Å²) in [5.41, 5.74) is 3.33. The average molecular weight is 557 g/mol. The molecule has 2 N–H and O–H groups in total. The molecule has 2 saturated heterocycles. The summed E-state index contributed by atoms with van der Waals surface area (Å²) < 4.78 is 82.1. The number of aromatic nitrogens is 1. The Morgan fingerprint density at radius 3 is 1.74 bits per heavy atom. The van der Waals surface area contributed by atoms with Crippen LogP contribution in [0.2, 0.25) is 0 Å². The van der Waals surface area contributed by atoms with Gasteiger partial charge < -0.3 is 14.7 Å². The van der Waals surface area contributed by atoms with Gasteiger partial charge in [-0.15, -0.1) is 0 Å². The average Bonchev–Trinajstić information content (AvgIpc) is 3.42. The van der Waals surface area contributed by atoms with Gasteiger partial charge in [-0.05, 0) is 43.4 Å². The molecule has 0 aliphatic carbocycles. The van der Waals surface area contributed by atoms with Gasteiger partial charge in [-0.1, -0.05) is 17.3 Å². The number of fused-ring (bicyclic) bond motifs is 1. The second kappa shape index (κ2) is 12.6. The van der Waals surface area contributed by atoms with Crippen molar-refractivity contribution in [3.8, 4) is 0 Å². The standard InChI is InChI=1S/C19H24FN3O.2C2HF3O2/c1-13-19(14(2)24-21-13)12-23-10-16-8-22(9-17(16)11-23)7-15-4-3-5-18(20)6-15;2*3-2(4,5)1(6)7/h3-6,16-17H,7-12H2,1-2H3;2*(H,6,7). The van der Waals surface area contributed by atoms with Crippen molar-refractivity contribution in [2.24, 2.45) is 11.8 Å². The third-order valence-corrected chi connectivity index (χ3v) is 5.98. The number of hydrogen-bond acceptors (Lipinski definition) is 6. The number of benzene rings is 1. The minimum atomic E-state index is -5.08. The maximum Gasteiger partial charge on any atom is 0.490 e. The lowest BCUT2D eigenvalue weighted by Crippen LogP contribution is -2.28. The lowest BCUT2D eigenvalue weighted by atomic mass is 10.0. The smallest absolute Gasteiger partial charge is 0.475 e. The third kappa shape index (κ3) is 9.28. The highest BCUT2D eigenvalue weighted by Crippen LogP contribution is 2.33. The largest absolute Gasteiger partial charge is 0.490 e. The molecule has 1 aromatic carbocycles. The summed E-state index contributed by atoms with van der Waals surface area (Å²) in [6.45, 7) is 10.3. The zero-order valence-electron chi connectivity index (χ0n) is 20.3. The van der Waals surface area contributed by atoms with Crippen molar-refractivity contribution in [3.05, 3.63) is 52.7 Å². The van der Waals surface area contributed by atoms with Crippen LogP contribution in [0, 0.1) is 31.5 Å². The molecule has 2 aliphatic heterocycles. The second-order valence-corrected chi connectivity index (χ2v) is 8.95. The molecule has 2 fully saturated rings. The fourth-order valence-corrected chi connectivity index (χ4v) is 4.29. The Bertz CT molecular complexity index is 1050. The molecular weight excluding hydrogens is 531 g/mol. The number of likely N-dealkylation sites (tertiary alicyclic amines) is 2. The highest BCUT2D eigenvalue weighted by Gasteiger charge is 2.40. The summed E-state index contributed by atoms with van der Waals surface area (Å²) in [5.74, 6) is -3.27. The number of aryl methyl sites for hydroxylation is 2. The van der Waals surface area contributed by atoms with Gasteiger partial charge in [0.05, 0.1) is 5.69 Å². The number of carbonyl (C=O) groups is 2. The number of carboxylic acids is 2. The minimum absolute atomic E-state index is 0.141. The molecule has 3 heterocycles. The molecule has 2 atom stereocenters. The van der Waals surface area contributed by atoms with Gasteiger partial charge in [-0.25, -0.2) is 14.0 Å². The predicted molar refractivity (Wildman–Crippen MR) is 117 cm³/mol. The molecule has 15 heteroatoms. The summed E-state index contributed by atoms with van der Waals surface area (Å²) in [4.78, 5) is 22.8. The molecular formula is C23H26F7N3O5. The third-order valence-electron chi connectivity index (χ3n) is 5.98. The molecule has 0 amide bonds. The monoisotopic (exact) mass is 557 g/mol. The summed E-state index contributed by atoms with van der Waals surface area (Å²) >= 11 is 0. The van der Waals surface area contributed by atoms with Gasteiger partial charge in [-0.2, -0.15) is 26.3 Å². The van der Waals surface area contributed by atoms with E-state index in [-0.39, 0.29) is 5.82 Å². The molecule has 4 rings (SSSR count). The Kier molecular flexibility index (Phi) is 10.3. The molecule has 0 bridgehead atoms. The highest BCUT2D eigenvalue weighted by molar-refractivity contribution is 5.73. The molecule has 0 spiro atoms. The van der Waals surface area contributed by atoms with Gasteiger partial charge in [0.2, 0.25) is 0 Å². The maximum atomic E-state index is 13.3.